The smallest absolute Gasteiger partial charge is 0.321 e. The van der Waals surface area contributed by atoms with Crippen LogP contribution in [0.5, 0.6) is 0 Å². The van der Waals surface area contributed by atoms with Crippen molar-refractivity contribution in [3.05, 3.63) is 0 Å². The van der Waals surface area contributed by atoms with E-state index < -0.39 is 35.5 Å². The maximum Gasteiger partial charge on any atom is 0.321 e. The van der Waals surface area contributed by atoms with Crippen LogP contribution >= 0.6 is 0 Å². The lowest BCUT2D eigenvalue weighted by molar-refractivity contribution is -0.196. The van der Waals surface area contributed by atoms with Gasteiger partial charge in [0.2, 0.25) is 0 Å². The molecule has 0 heterocycles. The van der Waals surface area contributed by atoms with Gasteiger partial charge >= 0.3 is 12.0 Å². The highest BCUT2D eigenvalue weighted by Crippen LogP contribution is 2.61. The normalized spacial score (nSPS) is 34.6. The number of hydrogen-bond acceptors (Lipinski definition) is 5. The summed E-state index contributed by atoms with van der Waals surface area (Å²) < 4.78 is 5.24. The van der Waals surface area contributed by atoms with Crippen molar-refractivity contribution >= 4 is 17.9 Å². The highest BCUT2D eigenvalue weighted by Gasteiger charge is 2.60. The van der Waals surface area contributed by atoms with E-state index >= 15 is 0 Å². The number of urea groups is 1. The molecule has 0 unspecified atom stereocenters. The lowest BCUT2D eigenvalue weighted by atomic mass is 9.48. The van der Waals surface area contributed by atoms with Crippen molar-refractivity contribution in [3.63, 3.8) is 0 Å². The van der Waals surface area contributed by atoms with Gasteiger partial charge in [0.05, 0.1) is 11.0 Å². The number of ether oxygens (including phenoxy) is 1. The molecule has 4 rings (SSSR count). The number of imide groups is 1. The maximum absolute atomic E-state index is 12.7. The topological polar surface area (TPSA) is 105 Å². The molecule has 0 saturated heterocycles. The zero-order chi connectivity index (χ0) is 18.9. The van der Waals surface area contributed by atoms with Gasteiger partial charge in [-0.2, -0.15) is 0 Å². The van der Waals surface area contributed by atoms with Crippen molar-refractivity contribution in [1.29, 1.82) is 0 Å². The molecule has 0 aromatic carbocycles. The molecule has 3 N–H and O–H groups in total. The first kappa shape index (κ1) is 19.1. The Kier molecular flexibility index (Phi) is 5.28. The standard InChI is InChI=1S/C19H30N2O5/c1-12(2)3-4-20-17(24)21-15(22)10-26-16(23)18-6-13-5-14(7-18)9-19(25,8-13)11-18/h12-14,25H,3-11H2,1-2H3,(H2,20,21,22,24)/t13-,14-,18?,19?/m0/s1. The molecule has 2 atom stereocenters. The van der Waals surface area contributed by atoms with E-state index in [2.05, 4.69) is 10.6 Å². The molecule has 4 aliphatic rings. The first-order valence-electron chi connectivity index (χ1n) is 9.67. The summed E-state index contributed by atoms with van der Waals surface area (Å²) in [5.74, 6) is 0.162. The molecule has 7 heteroatoms. The summed E-state index contributed by atoms with van der Waals surface area (Å²) in [5.41, 5.74) is -1.40. The molecule has 4 fully saturated rings. The average molecular weight is 366 g/mol. The summed E-state index contributed by atoms with van der Waals surface area (Å²) in [6.07, 6.45) is 5.36. The van der Waals surface area contributed by atoms with Crippen molar-refractivity contribution in [3.8, 4) is 0 Å². The summed E-state index contributed by atoms with van der Waals surface area (Å²) >= 11 is 0. The van der Waals surface area contributed by atoms with Crippen LogP contribution in [0.3, 0.4) is 0 Å². The number of amides is 3. The Hall–Kier alpha value is -1.63. The van der Waals surface area contributed by atoms with Crippen molar-refractivity contribution < 1.29 is 24.2 Å². The van der Waals surface area contributed by atoms with Gasteiger partial charge in [0.15, 0.2) is 6.61 Å². The van der Waals surface area contributed by atoms with E-state index in [1.807, 2.05) is 13.8 Å². The molecule has 146 valence electrons. The molecular formula is C19H30N2O5. The zero-order valence-electron chi connectivity index (χ0n) is 15.7. The third-order valence-corrected chi connectivity index (χ3v) is 6.06. The summed E-state index contributed by atoms with van der Waals surface area (Å²) in [6.45, 7) is 4.11. The van der Waals surface area contributed by atoms with Crippen molar-refractivity contribution in [1.82, 2.24) is 10.6 Å². The van der Waals surface area contributed by atoms with Crippen LogP contribution in [0.4, 0.5) is 4.79 Å². The first-order valence-corrected chi connectivity index (χ1v) is 9.67. The van der Waals surface area contributed by atoms with Crippen LogP contribution in [0.1, 0.15) is 58.8 Å². The Morgan fingerprint density at radius 2 is 1.81 bits per heavy atom. The van der Waals surface area contributed by atoms with Crippen LogP contribution in [-0.4, -0.2) is 41.8 Å². The number of hydrogen-bond donors (Lipinski definition) is 3. The predicted octanol–water partition coefficient (Wildman–Crippen LogP) is 1.73. The van der Waals surface area contributed by atoms with Gasteiger partial charge in [-0.15, -0.1) is 0 Å². The van der Waals surface area contributed by atoms with E-state index in [0.29, 0.717) is 30.7 Å². The Morgan fingerprint density at radius 3 is 2.38 bits per heavy atom. The third kappa shape index (κ3) is 4.19. The molecule has 4 bridgehead atoms. The summed E-state index contributed by atoms with van der Waals surface area (Å²) in [4.78, 5) is 36.1. The van der Waals surface area contributed by atoms with Crippen molar-refractivity contribution in [2.24, 2.45) is 23.2 Å². The Labute approximate surface area is 154 Å². The van der Waals surface area contributed by atoms with Crippen LogP contribution in [0, 0.1) is 23.2 Å². The van der Waals surface area contributed by atoms with E-state index in [1.54, 1.807) is 0 Å². The molecular weight excluding hydrogens is 336 g/mol. The van der Waals surface area contributed by atoms with Gasteiger partial charge in [-0.1, -0.05) is 13.8 Å². The Balaban J connectivity index is 1.45. The van der Waals surface area contributed by atoms with E-state index in [9.17, 15) is 19.5 Å². The maximum atomic E-state index is 12.7. The van der Waals surface area contributed by atoms with Gasteiger partial charge in [0.25, 0.3) is 5.91 Å². The van der Waals surface area contributed by atoms with E-state index in [-0.39, 0.29) is 0 Å². The SMILES string of the molecule is CC(C)CCNC(=O)NC(=O)COC(=O)C12C[C@@H]3C[C@H](CC(O)(C3)C1)C2. The molecule has 0 aromatic rings. The molecule has 4 aliphatic carbocycles. The molecule has 0 aromatic heterocycles. The minimum atomic E-state index is -0.748. The first-order chi connectivity index (χ1) is 12.2. The second kappa shape index (κ2) is 7.18. The highest BCUT2D eigenvalue weighted by atomic mass is 16.5. The number of rotatable bonds is 6. The second-order valence-corrected chi connectivity index (χ2v) is 9.03. The number of carbonyl (C=O) groups excluding carboxylic acids is 3. The number of carbonyl (C=O) groups is 3. The number of nitrogens with one attached hydrogen (secondary N) is 2. The molecule has 0 aliphatic heterocycles. The lowest BCUT2D eigenvalue weighted by Gasteiger charge is -2.58. The van der Waals surface area contributed by atoms with Gasteiger partial charge in [-0.25, -0.2) is 4.79 Å². The zero-order valence-corrected chi connectivity index (χ0v) is 15.7. The predicted molar refractivity (Wildman–Crippen MR) is 94.0 cm³/mol. The van der Waals surface area contributed by atoms with Crippen molar-refractivity contribution in [2.45, 2.75) is 64.4 Å². The van der Waals surface area contributed by atoms with Crippen LogP contribution in [0.25, 0.3) is 0 Å². The van der Waals surface area contributed by atoms with Crippen LogP contribution in [-0.2, 0) is 14.3 Å². The Morgan fingerprint density at radius 1 is 1.15 bits per heavy atom. The van der Waals surface area contributed by atoms with Gasteiger partial charge in [0.1, 0.15) is 0 Å². The van der Waals surface area contributed by atoms with Crippen LogP contribution < -0.4 is 10.6 Å². The molecule has 26 heavy (non-hydrogen) atoms. The Bertz CT molecular complexity index is 574. The molecule has 0 spiro atoms. The highest BCUT2D eigenvalue weighted by molar-refractivity contribution is 5.95. The monoisotopic (exact) mass is 366 g/mol. The molecule has 3 amide bonds. The third-order valence-electron chi connectivity index (χ3n) is 6.06. The van der Waals surface area contributed by atoms with Gasteiger partial charge in [-0.3, -0.25) is 14.9 Å². The molecule has 7 nitrogen and oxygen atoms in total. The largest absolute Gasteiger partial charge is 0.455 e. The van der Waals surface area contributed by atoms with E-state index in [4.69, 9.17) is 4.74 Å². The van der Waals surface area contributed by atoms with Crippen LogP contribution in [0.15, 0.2) is 0 Å². The summed E-state index contributed by atoms with van der Waals surface area (Å²) in [6, 6.07) is -0.573. The fourth-order valence-electron chi connectivity index (χ4n) is 5.42. The quantitative estimate of drug-likeness (QED) is 0.621. The average Bonchev–Trinajstić information content (AvgIpc) is 2.49. The summed E-state index contributed by atoms with van der Waals surface area (Å²) in [7, 11) is 0. The lowest BCUT2D eigenvalue weighted by Crippen LogP contribution is -2.58. The molecule has 4 saturated carbocycles. The van der Waals surface area contributed by atoms with E-state index in [0.717, 1.165) is 38.5 Å². The molecule has 0 radical (unpaired) electrons. The number of aliphatic hydroxyl groups is 1. The fourth-order valence-corrected chi connectivity index (χ4v) is 5.42. The van der Waals surface area contributed by atoms with Crippen LogP contribution in [0.2, 0.25) is 0 Å². The van der Waals surface area contributed by atoms with Gasteiger partial charge in [-0.05, 0) is 62.7 Å². The number of esters is 1. The second-order valence-electron chi connectivity index (χ2n) is 9.03. The van der Waals surface area contributed by atoms with E-state index in [1.165, 1.54) is 0 Å². The minimum Gasteiger partial charge on any atom is -0.455 e. The minimum absolute atomic E-state index is 0.370. The fraction of sp³-hybridized carbons (Fsp3) is 0.842. The summed E-state index contributed by atoms with van der Waals surface area (Å²) in [5, 5.41) is 15.5. The van der Waals surface area contributed by atoms with Gasteiger partial charge in [0, 0.05) is 6.54 Å². The van der Waals surface area contributed by atoms with Gasteiger partial charge < -0.3 is 15.2 Å². The van der Waals surface area contributed by atoms with Crippen molar-refractivity contribution in [2.75, 3.05) is 13.2 Å².